The Bertz CT molecular complexity index is 959. The SMILES string of the molecule is CC/C=C/C=C/C=C/C=C/C=C/C=C/CCCCCC(=O)OC(CO)COC(=O)CCCCCCC/C=C/C=C/C=C/CC. The fraction of sp³-hybridized carbons (Fsp3) is 0.487. The van der Waals surface area contributed by atoms with Gasteiger partial charge in [0.25, 0.3) is 0 Å². The molecule has 0 aliphatic heterocycles. The fourth-order valence-electron chi connectivity index (χ4n) is 3.82. The summed E-state index contributed by atoms with van der Waals surface area (Å²) in [7, 11) is 0. The van der Waals surface area contributed by atoms with Gasteiger partial charge in [-0.15, -0.1) is 0 Å². The van der Waals surface area contributed by atoms with Gasteiger partial charge < -0.3 is 14.6 Å². The molecule has 0 aromatic carbocycles. The van der Waals surface area contributed by atoms with Gasteiger partial charge in [-0.2, -0.15) is 0 Å². The zero-order valence-corrected chi connectivity index (χ0v) is 27.4. The average molecular weight is 607 g/mol. The first-order valence-electron chi connectivity index (χ1n) is 16.6. The highest BCUT2D eigenvalue weighted by Crippen LogP contribution is 2.10. The second-order valence-corrected chi connectivity index (χ2v) is 10.3. The summed E-state index contributed by atoms with van der Waals surface area (Å²) in [5.41, 5.74) is 0. The number of aliphatic hydroxyl groups is 1. The number of unbranched alkanes of at least 4 members (excludes halogenated alkanes) is 8. The molecule has 1 unspecified atom stereocenters. The van der Waals surface area contributed by atoms with Gasteiger partial charge in [0.2, 0.25) is 0 Å². The second-order valence-electron chi connectivity index (χ2n) is 10.3. The highest BCUT2D eigenvalue weighted by atomic mass is 16.6. The Morgan fingerprint density at radius 3 is 1.39 bits per heavy atom. The summed E-state index contributed by atoms with van der Waals surface area (Å²) in [6.07, 6.45) is 48.5. The fourth-order valence-corrected chi connectivity index (χ4v) is 3.82. The smallest absolute Gasteiger partial charge is 0.306 e. The first kappa shape index (κ1) is 40.6. The van der Waals surface area contributed by atoms with E-state index in [-0.39, 0.29) is 25.2 Å². The Morgan fingerprint density at radius 1 is 0.523 bits per heavy atom. The van der Waals surface area contributed by atoms with Crippen molar-refractivity contribution >= 4 is 11.9 Å². The van der Waals surface area contributed by atoms with Crippen molar-refractivity contribution in [3.05, 3.63) is 109 Å². The zero-order valence-electron chi connectivity index (χ0n) is 27.4. The van der Waals surface area contributed by atoms with E-state index in [9.17, 15) is 14.7 Å². The Labute approximate surface area is 268 Å². The quantitative estimate of drug-likeness (QED) is 0.0572. The predicted molar refractivity (Wildman–Crippen MR) is 186 cm³/mol. The molecule has 44 heavy (non-hydrogen) atoms. The molecule has 5 nitrogen and oxygen atoms in total. The van der Waals surface area contributed by atoms with Crippen LogP contribution < -0.4 is 0 Å². The number of hydrogen-bond acceptors (Lipinski definition) is 5. The summed E-state index contributed by atoms with van der Waals surface area (Å²) < 4.78 is 10.5. The van der Waals surface area contributed by atoms with E-state index in [4.69, 9.17) is 9.47 Å². The predicted octanol–water partition coefficient (Wildman–Crippen LogP) is 9.94. The molecule has 0 aromatic heterocycles. The number of allylic oxidation sites excluding steroid dienone is 18. The van der Waals surface area contributed by atoms with E-state index in [1.54, 1.807) is 0 Å². The summed E-state index contributed by atoms with van der Waals surface area (Å²) in [6, 6.07) is 0. The third-order valence-corrected chi connectivity index (χ3v) is 6.28. The van der Waals surface area contributed by atoms with Crippen molar-refractivity contribution in [1.29, 1.82) is 0 Å². The molecule has 5 heteroatoms. The van der Waals surface area contributed by atoms with Crippen LogP contribution in [0.5, 0.6) is 0 Å². The summed E-state index contributed by atoms with van der Waals surface area (Å²) in [4.78, 5) is 24.1. The lowest BCUT2D eigenvalue weighted by Crippen LogP contribution is -2.28. The summed E-state index contributed by atoms with van der Waals surface area (Å²) in [5, 5.41) is 9.50. The van der Waals surface area contributed by atoms with Gasteiger partial charge in [0.15, 0.2) is 6.10 Å². The van der Waals surface area contributed by atoms with Crippen LogP contribution in [0.4, 0.5) is 0 Å². The standard InChI is InChI=1S/C39H58O5/c1-3-5-7-9-11-13-15-17-18-19-20-22-24-26-28-30-32-34-39(42)44-37(35-40)36-43-38(41)33-31-29-27-25-23-21-16-14-12-10-8-6-4-2/h5-20,22,24,37,40H,3-4,21,23,25-36H2,1-2H3/b7-5+,8-6+,11-9+,12-10+,15-13+,16-14+,18-17+,20-19+,24-22+. The first-order valence-corrected chi connectivity index (χ1v) is 16.6. The molecule has 0 aromatic rings. The molecule has 0 saturated carbocycles. The molecule has 1 atom stereocenters. The average Bonchev–Trinajstić information content (AvgIpc) is 3.02. The third kappa shape index (κ3) is 31.5. The van der Waals surface area contributed by atoms with Gasteiger partial charge in [0, 0.05) is 12.8 Å². The Kier molecular flexibility index (Phi) is 31.4. The summed E-state index contributed by atoms with van der Waals surface area (Å²) >= 11 is 0. The Morgan fingerprint density at radius 2 is 0.909 bits per heavy atom. The van der Waals surface area contributed by atoms with E-state index in [0.717, 1.165) is 77.0 Å². The highest BCUT2D eigenvalue weighted by molar-refractivity contribution is 5.70. The van der Waals surface area contributed by atoms with E-state index in [1.165, 1.54) is 0 Å². The molecule has 0 aliphatic carbocycles. The lowest BCUT2D eigenvalue weighted by molar-refractivity contribution is -0.161. The van der Waals surface area contributed by atoms with Crippen LogP contribution in [0.15, 0.2) is 109 Å². The molecule has 0 amide bonds. The van der Waals surface area contributed by atoms with E-state index < -0.39 is 6.10 Å². The van der Waals surface area contributed by atoms with Crippen LogP contribution in [-0.4, -0.2) is 36.4 Å². The highest BCUT2D eigenvalue weighted by Gasteiger charge is 2.16. The van der Waals surface area contributed by atoms with Crippen LogP contribution in [0.25, 0.3) is 0 Å². The van der Waals surface area contributed by atoms with Crippen molar-refractivity contribution in [2.45, 2.75) is 110 Å². The number of aliphatic hydroxyl groups excluding tert-OH is 1. The van der Waals surface area contributed by atoms with Crippen molar-refractivity contribution < 1.29 is 24.2 Å². The molecule has 0 saturated heterocycles. The molecule has 0 fully saturated rings. The van der Waals surface area contributed by atoms with Gasteiger partial charge in [-0.25, -0.2) is 0 Å². The molecule has 1 N–H and O–H groups in total. The number of rotatable bonds is 27. The molecule has 0 radical (unpaired) electrons. The molecule has 0 spiro atoms. The lowest BCUT2D eigenvalue weighted by atomic mass is 10.1. The van der Waals surface area contributed by atoms with Crippen molar-refractivity contribution in [3.63, 3.8) is 0 Å². The minimum atomic E-state index is -0.810. The third-order valence-electron chi connectivity index (χ3n) is 6.28. The molecule has 244 valence electrons. The second kappa shape index (κ2) is 34.1. The van der Waals surface area contributed by atoms with Gasteiger partial charge in [0.1, 0.15) is 6.61 Å². The minimum absolute atomic E-state index is 0.104. The van der Waals surface area contributed by atoms with Crippen LogP contribution in [0.1, 0.15) is 104 Å². The number of carbonyl (C=O) groups excluding carboxylic acids is 2. The van der Waals surface area contributed by atoms with Crippen LogP contribution in [0.2, 0.25) is 0 Å². The molecule has 0 aliphatic rings. The van der Waals surface area contributed by atoms with E-state index in [1.807, 2.05) is 72.9 Å². The van der Waals surface area contributed by atoms with E-state index >= 15 is 0 Å². The topological polar surface area (TPSA) is 72.8 Å². The number of hydrogen-bond donors (Lipinski definition) is 1. The van der Waals surface area contributed by atoms with Gasteiger partial charge in [-0.1, -0.05) is 149 Å². The molecule has 0 rings (SSSR count). The van der Waals surface area contributed by atoms with Gasteiger partial charge in [0.05, 0.1) is 6.61 Å². The van der Waals surface area contributed by atoms with Crippen LogP contribution in [0, 0.1) is 0 Å². The minimum Gasteiger partial charge on any atom is -0.462 e. The summed E-state index contributed by atoms with van der Waals surface area (Å²) in [5.74, 6) is -0.683. The molecular weight excluding hydrogens is 548 g/mol. The maximum atomic E-state index is 12.1. The van der Waals surface area contributed by atoms with E-state index in [0.29, 0.717) is 12.8 Å². The van der Waals surface area contributed by atoms with Crippen molar-refractivity contribution in [1.82, 2.24) is 0 Å². The van der Waals surface area contributed by atoms with Gasteiger partial charge in [-0.3, -0.25) is 9.59 Å². The monoisotopic (exact) mass is 606 g/mol. The van der Waals surface area contributed by atoms with Crippen molar-refractivity contribution in [2.75, 3.05) is 13.2 Å². The van der Waals surface area contributed by atoms with Gasteiger partial charge in [-0.05, 0) is 51.4 Å². The maximum absolute atomic E-state index is 12.1. The van der Waals surface area contributed by atoms with Crippen molar-refractivity contribution in [3.8, 4) is 0 Å². The van der Waals surface area contributed by atoms with Crippen molar-refractivity contribution in [2.24, 2.45) is 0 Å². The Balaban J connectivity index is 3.80. The van der Waals surface area contributed by atoms with E-state index in [2.05, 4.69) is 50.3 Å². The van der Waals surface area contributed by atoms with Gasteiger partial charge >= 0.3 is 11.9 Å². The van der Waals surface area contributed by atoms with Crippen LogP contribution >= 0.6 is 0 Å². The largest absolute Gasteiger partial charge is 0.462 e. The molecular formula is C39H58O5. The maximum Gasteiger partial charge on any atom is 0.306 e. The number of carbonyl (C=O) groups is 2. The number of esters is 2. The molecule has 0 bridgehead atoms. The zero-order chi connectivity index (χ0) is 32.2. The number of ether oxygens (including phenoxy) is 2. The normalized spacial score (nSPS) is 13.6. The Hall–Kier alpha value is -3.44. The molecule has 0 heterocycles. The first-order chi connectivity index (χ1) is 21.6. The van der Waals surface area contributed by atoms with Crippen LogP contribution in [-0.2, 0) is 19.1 Å². The lowest BCUT2D eigenvalue weighted by Gasteiger charge is -2.15. The summed E-state index contributed by atoms with van der Waals surface area (Å²) in [6.45, 7) is 3.76. The van der Waals surface area contributed by atoms with Crippen LogP contribution in [0.3, 0.4) is 0 Å².